The second kappa shape index (κ2) is 10.4. The first-order valence-corrected chi connectivity index (χ1v) is 10.4. The first-order valence-electron chi connectivity index (χ1n) is 10.4. The van der Waals surface area contributed by atoms with Crippen molar-refractivity contribution < 1.29 is 14.6 Å². The number of unbranched alkanes of at least 4 members (excludes halogenated alkanes) is 5. The van der Waals surface area contributed by atoms with Crippen molar-refractivity contribution in [2.45, 2.75) is 70.3 Å². The number of hydrogen-bond donors (Lipinski definition) is 4. The number of carbonyl (C=O) groups excluding carboxylic acids is 1. The van der Waals surface area contributed by atoms with Crippen LogP contribution in [0.3, 0.4) is 0 Å². The number of nitrogens with two attached hydrogens (primary N) is 1. The van der Waals surface area contributed by atoms with Gasteiger partial charge in [-0.25, -0.2) is 19.7 Å². The van der Waals surface area contributed by atoms with E-state index in [1.54, 1.807) is 10.9 Å². The summed E-state index contributed by atoms with van der Waals surface area (Å²) in [4.78, 5) is 24.3. The molecule has 29 heavy (non-hydrogen) atoms. The van der Waals surface area contributed by atoms with Gasteiger partial charge >= 0.3 is 6.03 Å². The van der Waals surface area contributed by atoms with Gasteiger partial charge in [0.2, 0.25) is 0 Å². The third kappa shape index (κ3) is 5.54. The molecule has 1 saturated heterocycles. The summed E-state index contributed by atoms with van der Waals surface area (Å²) in [5, 5.41) is 15.9. The molecule has 2 aromatic heterocycles. The number of aliphatic hydroxyl groups excluding tert-OH is 1. The van der Waals surface area contributed by atoms with Crippen molar-refractivity contribution in [2.24, 2.45) is 0 Å². The van der Waals surface area contributed by atoms with E-state index in [9.17, 15) is 9.90 Å². The number of nitrogens with one attached hydrogen (secondary N) is 2. The van der Waals surface area contributed by atoms with E-state index in [4.69, 9.17) is 10.5 Å². The van der Waals surface area contributed by atoms with Gasteiger partial charge in [0, 0.05) is 19.5 Å². The number of fused-ring (bicyclic) bond motifs is 1. The van der Waals surface area contributed by atoms with Crippen molar-refractivity contribution in [3.63, 3.8) is 0 Å². The molecule has 2 aromatic rings. The first-order chi connectivity index (χ1) is 14.1. The fourth-order valence-corrected chi connectivity index (χ4v) is 3.51. The van der Waals surface area contributed by atoms with Crippen LogP contribution in [0.15, 0.2) is 12.7 Å². The third-order valence-corrected chi connectivity index (χ3v) is 5.18. The number of imidazole rings is 1. The van der Waals surface area contributed by atoms with E-state index in [0.29, 0.717) is 29.9 Å². The second-order valence-corrected chi connectivity index (χ2v) is 7.42. The lowest BCUT2D eigenvalue weighted by Gasteiger charge is -2.16. The summed E-state index contributed by atoms with van der Waals surface area (Å²) in [6.45, 7) is 3.07. The summed E-state index contributed by atoms with van der Waals surface area (Å²) in [6, 6.07) is -0.244. The molecular formula is C19H31N7O3. The van der Waals surface area contributed by atoms with Crippen LogP contribution in [0.25, 0.3) is 11.2 Å². The summed E-state index contributed by atoms with van der Waals surface area (Å²) in [5.41, 5.74) is 6.87. The molecule has 2 amide bonds. The lowest BCUT2D eigenvalue weighted by atomic mass is 10.1. The standard InChI is InChI=1S/C19H31N7O3/c1-2-3-4-5-6-7-8-21-19(28)22-10-14-13(27)9-15(29-14)26-12-25-16-17(20)23-11-24-18(16)26/h11-15,27H,2-10H2,1H3,(H2,20,23,24)(H2,21,22,28). The van der Waals surface area contributed by atoms with E-state index in [2.05, 4.69) is 32.5 Å². The fraction of sp³-hybridized carbons (Fsp3) is 0.684. The lowest BCUT2D eigenvalue weighted by Crippen LogP contribution is -2.42. The Kier molecular flexibility index (Phi) is 7.59. The molecule has 0 bridgehead atoms. The number of carbonyl (C=O) groups is 1. The Morgan fingerprint density at radius 1 is 1.24 bits per heavy atom. The molecule has 1 aliphatic rings. The predicted molar refractivity (Wildman–Crippen MR) is 109 cm³/mol. The summed E-state index contributed by atoms with van der Waals surface area (Å²) in [5.74, 6) is 0.299. The minimum Gasteiger partial charge on any atom is -0.390 e. The van der Waals surface area contributed by atoms with Gasteiger partial charge in [-0.3, -0.25) is 4.57 Å². The zero-order valence-electron chi connectivity index (χ0n) is 16.9. The molecule has 3 rings (SSSR count). The minimum absolute atomic E-state index is 0.226. The van der Waals surface area contributed by atoms with Gasteiger partial charge in [-0.15, -0.1) is 0 Å². The summed E-state index contributed by atoms with van der Waals surface area (Å²) >= 11 is 0. The Morgan fingerprint density at radius 3 is 2.86 bits per heavy atom. The number of aliphatic hydroxyl groups is 1. The normalized spacial score (nSPS) is 21.5. The molecular weight excluding hydrogens is 374 g/mol. The highest BCUT2D eigenvalue weighted by atomic mass is 16.5. The van der Waals surface area contributed by atoms with E-state index < -0.39 is 18.4 Å². The Hall–Kier alpha value is -2.46. The number of nitrogen functional groups attached to an aromatic ring is 1. The highest BCUT2D eigenvalue weighted by Gasteiger charge is 2.36. The summed E-state index contributed by atoms with van der Waals surface area (Å²) < 4.78 is 7.66. The highest BCUT2D eigenvalue weighted by molar-refractivity contribution is 5.81. The van der Waals surface area contributed by atoms with Gasteiger partial charge in [0.15, 0.2) is 11.5 Å². The number of rotatable bonds is 10. The molecule has 10 nitrogen and oxygen atoms in total. The van der Waals surface area contributed by atoms with Crippen molar-refractivity contribution in [2.75, 3.05) is 18.8 Å². The van der Waals surface area contributed by atoms with Crippen LogP contribution < -0.4 is 16.4 Å². The van der Waals surface area contributed by atoms with Gasteiger partial charge in [-0.05, 0) is 6.42 Å². The number of hydrogen-bond acceptors (Lipinski definition) is 7. The number of amides is 2. The third-order valence-electron chi connectivity index (χ3n) is 5.18. The monoisotopic (exact) mass is 405 g/mol. The van der Waals surface area contributed by atoms with Crippen molar-refractivity contribution in [1.82, 2.24) is 30.2 Å². The Morgan fingerprint density at radius 2 is 2.03 bits per heavy atom. The van der Waals surface area contributed by atoms with Crippen LogP contribution >= 0.6 is 0 Å². The topological polar surface area (TPSA) is 140 Å². The Labute approximate surface area is 170 Å². The molecule has 10 heteroatoms. The fourth-order valence-electron chi connectivity index (χ4n) is 3.51. The van der Waals surface area contributed by atoms with Crippen LogP contribution in [0, 0.1) is 0 Å². The second-order valence-electron chi connectivity index (χ2n) is 7.42. The number of anilines is 1. The SMILES string of the molecule is CCCCCCCCNC(=O)NCC1OC(n2cnc3c(N)ncnc32)CC1O. The van der Waals surface area contributed by atoms with Crippen molar-refractivity contribution in [3.8, 4) is 0 Å². The van der Waals surface area contributed by atoms with Gasteiger partial charge < -0.3 is 26.2 Å². The molecule has 0 aromatic carbocycles. The molecule has 0 radical (unpaired) electrons. The average molecular weight is 406 g/mol. The molecule has 3 heterocycles. The molecule has 3 atom stereocenters. The van der Waals surface area contributed by atoms with E-state index >= 15 is 0 Å². The molecule has 160 valence electrons. The number of nitrogens with zero attached hydrogens (tertiary/aromatic N) is 4. The zero-order chi connectivity index (χ0) is 20.6. The van der Waals surface area contributed by atoms with Crippen LogP contribution in [0.2, 0.25) is 0 Å². The smallest absolute Gasteiger partial charge is 0.314 e. The van der Waals surface area contributed by atoms with Gasteiger partial charge in [0.25, 0.3) is 0 Å². The summed E-state index contributed by atoms with van der Waals surface area (Å²) in [7, 11) is 0. The van der Waals surface area contributed by atoms with E-state index in [1.807, 2.05) is 0 Å². The van der Waals surface area contributed by atoms with Crippen LogP contribution in [0.1, 0.15) is 58.1 Å². The van der Waals surface area contributed by atoms with Gasteiger partial charge in [-0.2, -0.15) is 0 Å². The van der Waals surface area contributed by atoms with E-state index in [-0.39, 0.29) is 12.6 Å². The molecule has 1 aliphatic heterocycles. The largest absolute Gasteiger partial charge is 0.390 e. The molecule has 1 fully saturated rings. The predicted octanol–water partition coefficient (Wildman–Crippen LogP) is 1.72. The van der Waals surface area contributed by atoms with Gasteiger partial charge in [0.1, 0.15) is 24.2 Å². The van der Waals surface area contributed by atoms with Crippen LogP contribution in [-0.2, 0) is 4.74 Å². The number of urea groups is 1. The highest BCUT2D eigenvalue weighted by Crippen LogP contribution is 2.31. The van der Waals surface area contributed by atoms with Crippen LogP contribution in [0.4, 0.5) is 10.6 Å². The van der Waals surface area contributed by atoms with Crippen molar-refractivity contribution in [3.05, 3.63) is 12.7 Å². The Balaban J connectivity index is 1.41. The first kappa shape index (κ1) is 21.3. The van der Waals surface area contributed by atoms with Crippen LogP contribution in [-0.4, -0.2) is 56.0 Å². The van der Waals surface area contributed by atoms with Gasteiger partial charge in [0.05, 0.1) is 12.4 Å². The maximum Gasteiger partial charge on any atom is 0.314 e. The number of aromatic nitrogens is 4. The molecule has 5 N–H and O–H groups in total. The van der Waals surface area contributed by atoms with E-state index in [0.717, 1.165) is 12.8 Å². The average Bonchev–Trinajstić information content (AvgIpc) is 3.30. The van der Waals surface area contributed by atoms with Gasteiger partial charge in [-0.1, -0.05) is 39.0 Å². The van der Waals surface area contributed by atoms with Crippen molar-refractivity contribution >= 4 is 23.0 Å². The molecule has 0 spiro atoms. The van der Waals surface area contributed by atoms with Crippen LogP contribution in [0.5, 0.6) is 0 Å². The quantitative estimate of drug-likeness (QED) is 0.441. The summed E-state index contributed by atoms with van der Waals surface area (Å²) in [6.07, 6.45) is 8.76. The lowest BCUT2D eigenvalue weighted by molar-refractivity contribution is -0.0144. The number of ether oxygens (including phenoxy) is 1. The van der Waals surface area contributed by atoms with Crippen molar-refractivity contribution in [1.29, 1.82) is 0 Å². The maximum absolute atomic E-state index is 12.0. The maximum atomic E-state index is 12.0. The Bertz CT molecular complexity index is 797. The molecule has 0 aliphatic carbocycles. The molecule has 0 saturated carbocycles. The zero-order valence-corrected chi connectivity index (χ0v) is 16.9. The van der Waals surface area contributed by atoms with E-state index in [1.165, 1.54) is 32.0 Å². The minimum atomic E-state index is -0.699. The molecule has 3 unspecified atom stereocenters.